The number of hydrogen-bond acceptors (Lipinski definition) is 4. The molecule has 1 aromatic heterocycles. The summed E-state index contributed by atoms with van der Waals surface area (Å²) in [5, 5.41) is 19.6. The van der Waals surface area contributed by atoms with Gasteiger partial charge in [0.15, 0.2) is 6.04 Å². The van der Waals surface area contributed by atoms with E-state index in [9.17, 15) is 9.59 Å². The van der Waals surface area contributed by atoms with Gasteiger partial charge in [0, 0.05) is 11.9 Å². The lowest BCUT2D eigenvalue weighted by atomic mass is 10.2. The molecule has 86 valence electrons. The highest BCUT2D eigenvalue weighted by atomic mass is 16.4. The molecule has 0 aromatic carbocycles. The fraction of sp³-hybridized carbons (Fsp3) is 0.300. The molecule has 0 bridgehead atoms. The van der Waals surface area contributed by atoms with Crippen molar-refractivity contribution in [2.45, 2.75) is 13.0 Å². The fourth-order valence-corrected chi connectivity index (χ4v) is 1.15. The van der Waals surface area contributed by atoms with E-state index in [1.807, 2.05) is 0 Å². The first-order chi connectivity index (χ1) is 7.56. The van der Waals surface area contributed by atoms with Crippen LogP contribution in [0.4, 0.5) is 0 Å². The first kappa shape index (κ1) is 12.1. The molecule has 0 unspecified atom stereocenters. The SMILES string of the molecule is Cc1ncccc1C(=O)N[C@H](CO)C(=O)O. The van der Waals surface area contributed by atoms with E-state index < -0.39 is 24.5 Å². The molecule has 0 aliphatic rings. The third-order valence-corrected chi connectivity index (χ3v) is 2.04. The molecule has 6 heteroatoms. The molecule has 0 spiro atoms. The number of aliphatic hydroxyl groups excluding tert-OH is 1. The highest BCUT2D eigenvalue weighted by Gasteiger charge is 2.20. The molecule has 1 aromatic rings. The summed E-state index contributed by atoms with van der Waals surface area (Å²) >= 11 is 0. The maximum absolute atomic E-state index is 11.6. The third-order valence-electron chi connectivity index (χ3n) is 2.04. The Hall–Kier alpha value is -1.95. The number of aromatic nitrogens is 1. The number of carboxylic acid groups (broad SMARTS) is 1. The summed E-state index contributed by atoms with van der Waals surface area (Å²) in [7, 11) is 0. The number of pyridine rings is 1. The van der Waals surface area contributed by atoms with Crippen LogP contribution in [0.15, 0.2) is 18.3 Å². The monoisotopic (exact) mass is 224 g/mol. The van der Waals surface area contributed by atoms with Crippen LogP contribution < -0.4 is 5.32 Å². The van der Waals surface area contributed by atoms with Crippen LogP contribution in [0.5, 0.6) is 0 Å². The maximum Gasteiger partial charge on any atom is 0.328 e. The zero-order valence-corrected chi connectivity index (χ0v) is 8.67. The van der Waals surface area contributed by atoms with Gasteiger partial charge in [0.25, 0.3) is 5.91 Å². The molecule has 1 rings (SSSR count). The van der Waals surface area contributed by atoms with Crippen LogP contribution in [-0.4, -0.2) is 39.7 Å². The lowest BCUT2D eigenvalue weighted by Crippen LogP contribution is -2.43. The minimum absolute atomic E-state index is 0.294. The number of nitrogens with zero attached hydrogens (tertiary/aromatic N) is 1. The average Bonchev–Trinajstić information content (AvgIpc) is 2.25. The normalized spacial score (nSPS) is 11.9. The van der Waals surface area contributed by atoms with Gasteiger partial charge >= 0.3 is 5.97 Å². The first-order valence-electron chi connectivity index (χ1n) is 4.62. The number of hydrogen-bond donors (Lipinski definition) is 3. The van der Waals surface area contributed by atoms with E-state index >= 15 is 0 Å². The summed E-state index contributed by atoms with van der Waals surface area (Å²) in [4.78, 5) is 26.1. The number of carbonyl (C=O) groups is 2. The standard InChI is InChI=1S/C10H12N2O4/c1-6-7(3-2-4-11-6)9(14)12-8(5-13)10(15)16/h2-4,8,13H,5H2,1H3,(H,12,14)(H,15,16)/t8-/m1/s1. The Labute approximate surface area is 91.9 Å². The number of rotatable bonds is 4. The molecule has 6 nitrogen and oxygen atoms in total. The zero-order chi connectivity index (χ0) is 12.1. The van der Waals surface area contributed by atoms with Crippen molar-refractivity contribution >= 4 is 11.9 Å². The highest BCUT2D eigenvalue weighted by molar-refractivity contribution is 5.97. The van der Waals surface area contributed by atoms with Crippen molar-refractivity contribution in [3.8, 4) is 0 Å². The molecule has 3 N–H and O–H groups in total. The number of aliphatic carboxylic acids is 1. The molecule has 16 heavy (non-hydrogen) atoms. The van der Waals surface area contributed by atoms with Crippen LogP contribution in [0.2, 0.25) is 0 Å². The highest BCUT2D eigenvalue weighted by Crippen LogP contribution is 2.03. The van der Waals surface area contributed by atoms with Crippen LogP contribution in [-0.2, 0) is 4.79 Å². The van der Waals surface area contributed by atoms with Crippen molar-refractivity contribution in [1.82, 2.24) is 10.3 Å². The summed E-state index contributed by atoms with van der Waals surface area (Å²) in [5.41, 5.74) is 0.796. The molecule has 0 aliphatic heterocycles. The van der Waals surface area contributed by atoms with E-state index in [4.69, 9.17) is 10.2 Å². The predicted molar refractivity (Wildman–Crippen MR) is 54.9 cm³/mol. The lowest BCUT2D eigenvalue weighted by molar-refractivity contribution is -0.140. The Balaban J connectivity index is 2.80. The molecule has 0 saturated heterocycles. The quantitative estimate of drug-likeness (QED) is 0.644. The topological polar surface area (TPSA) is 99.5 Å². The van der Waals surface area contributed by atoms with Crippen LogP contribution in [0.25, 0.3) is 0 Å². The summed E-state index contributed by atoms with van der Waals surface area (Å²) < 4.78 is 0. The van der Waals surface area contributed by atoms with E-state index in [2.05, 4.69) is 10.3 Å². The molecular formula is C10H12N2O4. The molecule has 0 saturated carbocycles. The summed E-state index contributed by atoms with van der Waals surface area (Å²) in [5.74, 6) is -1.84. The van der Waals surface area contributed by atoms with E-state index in [-0.39, 0.29) is 0 Å². The van der Waals surface area contributed by atoms with Gasteiger partial charge in [0.2, 0.25) is 0 Å². The predicted octanol–water partition coefficient (Wildman–Crippen LogP) is -0.435. The number of nitrogens with one attached hydrogen (secondary N) is 1. The molecular weight excluding hydrogens is 212 g/mol. The second kappa shape index (κ2) is 5.22. The molecule has 0 fully saturated rings. The van der Waals surface area contributed by atoms with Gasteiger partial charge in [-0.15, -0.1) is 0 Å². The second-order valence-corrected chi connectivity index (χ2v) is 3.18. The van der Waals surface area contributed by atoms with Crippen LogP contribution in [0.1, 0.15) is 16.1 Å². The van der Waals surface area contributed by atoms with Gasteiger partial charge in [0.1, 0.15) is 0 Å². The number of carboxylic acids is 1. The van der Waals surface area contributed by atoms with Crippen molar-refractivity contribution in [3.05, 3.63) is 29.6 Å². The van der Waals surface area contributed by atoms with Gasteiger partial charge in [-0.25, -0.2) is 4.79 Å². The Morgan fingerprint density at radius 3 is 2.75 bits per heavy atom. The van der Waals surface area contributed by atoms with E-state index in [1.54, 1.807) is 13.0 Å². The van der Waals surface area contributed by atoms with Crippen molar-refractivity contribution in [2.24, 2.45) is 0 Å². The minimum Gasteiger partial charge on any atom is -0.480 e. The van der Waals surface area contributed by atoms with Crippen molar-refractivity contribution in [2.75, 3.05) is 6.61 Å². The smallest absolute Gasteiger partial charge is 0.328 e. The lowest BCUT2D eigenvalue weighted by Gasteiger charge is -2.12. The van der Waals surface area contributed by atoms with Gasteiger partial charge in [-0.1, -0.05) is 0 Å². The molecule has 1 amide bonds. The Kier molecular flexibility index (Phi) is 3.96. The van der Waals surface area contributed by atoms with E-state index in [0.29, 0.717) is 11.3 Å². The van der Waals surface area contributed by atoms with Crippen molar-refractivity contribution < 1.29 is 19.8 Å². The van der Waals surface area contributed by atoms with Crippen molar-refractivity contribution in [1.29, 1.82) is 0 Å². The second-order valence-electron chi connectivity index (χ2n) is 3.18. The van der Waals surface area contributed by atoms with Gasteiger partial charge in [-0.3, -0.25) is 9.78 Å². The first-order valence-corrected chi connectivity index (χ1v) is 4.62. The van der Waals surface area contributed by atoms with Gasteiger partial charge in [0.05, 0.1) is 12.2 Å². The summed E-state index contributed by atoms with van der Waals surface area (Å²) in [6.45, 7) is 0.990. The van der Waals surface area contributed by atoms with E-state index in [1.165, 1.54) is 12.3 Å². The van der Waals surface area contributed by atoms with Crippen LogP contribution >= 0.6 is 0 Å². The third kappa shape index (κ3) is 2.77. The summed E-state index contributed by atoms with van der Waals surface area (Å²) in [6, 6.07) is 1.82. The number of aliphatic hydroxyl groups is 1. The minimum atomic E-state index is -1.30. The number of aryl methyl sites for hydroxylation is 1. The number of amides is 1. The van der Waals surface area contributed by atoms with Gasteiger partial charge < -0.3 is 15.5 Å². The van der Waals surface area contributed by atoms with Crippen LogP contribution in [0, 0.1) is 6.92 Å². The van der Waals surface area contributed by atoms with Crippen LogP contribution in [0.3, 0.4) is 0 Å². The Morgan fingerprint density at radius 2 is 2.25 bits per heavy atom. The molecule has 0 aliphatic carbocycles. The molecule has 1 atom stereocenters. The molecule has 1 heterocycles. The van der Waals surface area contributed by atoms with Crippen molar-refractivity contribution in [3.63, 3.8) is 0 Å². The Morgan fingerprint density at radius 1 is 1.56 bits per heavy atom. The van der Waals surface area contributed by atoms with Gasteiger partial charge in [-0.2, -0.15) is 0 Å². The van der Waals surface area contributed by atoms with Gasteiger partial charge in [-0.05, 0) is 19.1 Å². The molecule has 0 radical (unpaired) electrons. The van der Waals surface area contributed by atoms with E-state index in [0.717, 1.165) is 0 Å². The maximum atomic E-state index is 11.6. The average molecular weight is 224 g/mol. The Bertz CT molecular complexity index is 406. The zero-order valence-electron chi connectivity index (χ0n) is 8.67. The largest absolute Gasteiger partial charge is 0.480 e. The fourth-order valence-electron chi connectivity index (χ4n) is 1.15. The number of carbonyl (C=O) groups excluding carboxylic acids is 1. The summed E-state index contributed by atoms with van der Waals surface area (Å²) in [6.07, 6.45) is 1.53.